The molecule has 3 N–H and O–H groups in total. The van der Waals surface area contributed by atoms with Crippen LogP contribution in [0.2, 0.25) is 0 Å². The summed E-state index contributed by atoms with van der Waals surface area (Å²) in [6.45, 7) is 0. The van der Waals surface area contributed by atoms with Crippen molar-refractivity contribution in [2.45, 2.75) is 0 Å². The van der Waals surface area contributed by atoms with Gasteiger partial charge in [0.1, 0.15) is 5.82 Å². The summed E-state index contributed by atoms with van der Waals surface area (Å²) < 4.78 is 0. The minimum absolute atomic E-state index is 0.368. The van der Waals surface area contributed by atoms with Gasteiger partial charge in [-0.1, -0.05) is 0 Å². The Bertz CT molecular complexity index is 293. The molecule has 0 aliphatic rings. The van der Waals surface area contributed by atoms with E-state index < -0.39 is 5.97 Å². The maximum atomic E-state index is 10.1. The number of nitrogens with zero attached hydrogens (tertiary/aromatic N) is 1. The van der Waals surface area contributed by atoms with Crippen molar-refractivity contribution in [3.63, 3.8) is 0 Å². The number of rotatable bonds is 2. The zero-order valence-electron chi connectivity index (χ0n) is 5.52. The molecule has 1 rings (SSSR count). The van der Waals surface area contributed by atoms with Crippen LogP contribution >= 0.6 is 11.3 Å². The highest BCUT2D eigenvalue weighted by Gasteiger charge is 1.96. The number of nitrogens with two attached hydrogens (primary N) is 1. The highest BCUT2D eigenvalue weighted by Crippen LogP contribution is 2.16. The minimum Gasteiger partial charge on any atom is -0.478 e. The van der Waals surface area contributed by atoms with E-state index in [0.29, 0.717) is 10.7 Å². The van der Waals surface area contributed by atoms with E-state index in [1.807, 2.05) is 0 Å². The van der Waals surface area contributed by atoms with Crippen LogP contribution in [0.3, 0.4) is 0 Å². The Kier molecular flexibility index (Phi) is 2.22. The topological polar surface area (TPSA) is 76.2 Å². The molecule has 0 unspecified atom stereocenters. The van der Waals surface area contributed by atoms with Gasteiger partial charge in [0.05, 0.1) is 10.4 Å². The first kappa shape index (κ1) is 7.74. The van der Waals surface area contributed by atoms with Gasteiger partial charge < -0.3 is 10.8 Å². The summed E-state index contributed by atoms with van der Waals surface area (Å²) in [5, 5.41) is 8.26. The van der Waals surface area contributed by atoms with Gasteiger partial charge in [-0.3, -0.25) is 0 Å². The van der Waals surface area contributed by atoms with Crippen LogP contribution in [0.15, 0.2) is 11.6 Å². The lowest BCUT2D eigenvalue weighted by atomic mass is 10.4. The monoisotopic (exact) mass is 170 g/mol. The second kappa shape index (κ2) is 3.16. The number of hydrogen-bond acceptors (Lipinski definition) is 4. The molecule has 0 atom stereocenters. The molecule has 1 aromatic heterocycles. The predicted molar refractivity (Wildman–Crippen MR) is 43.2 cm³/mol. The number of carboxylic acids is 1. The molecular formula is C6H6N2O2S. The maximum absolute atomic E-state index is 10.1. The minimum atomic E-state index is -0.988. The van der Waals surface area contributed by atoms with E-state index in [0.717, 1.165) is 6.08 Å². The summed E-state index contributed by atoms with van der Waals surface area (Å²) in [7, 11) is 0. The van der Waals surface area contributed by atoms with E-state index >= 15 is 0 Å². The summed E-state index contributed by atoms with van der Waals surface area (Å²) in [5.74, 6) is -0.620. The van der Waals surface area contributed by atoms with E-state index in [1.165, 1.54) is 17.4 Å². The summed E-state index contributed by atoms with van der Waals surface area (Å²) >= 11 is 1.31. The van der Waals surface area contributed by atoms with Crippen molar-refractivity contribution >= 4 is 29.2 Å². The molecule has 0 amide bonds. The SMILES string of the molecule is Nc1ncsc1C=CC(=O)O. The molecule has 0 fully saturated rings. The Labute approximate surface area is 67.0 Å². The molecule has 58 valence electrons. The van der Waals surface area contributed by atoms with Crippen molar-refractivity contribution in [3.8, 4) is 0 Å². The number of carboxylic acid groups (broad SMARTS) is 1. The fraction of sp³-hybridized carbons (Fsp3) is 0. The van der Waals surface area contributed by atoms with Crippen LogP contribution in [-0.2, 0) is 4.79 Å². The molecule has 0 aromatic carbocycles. The molecule has 0 radical (unpaired) electrons. The zero-order chi connectivity index (χ0) is 8.27. The van der Waals surface area contributed by atoms with Crippen LogP contribution in [0.5, 0.6) is 0 Å². The molecule has 0 bridgehead atoms. The third-order valence-corrected chi connectivity index (χ3v) is 1.81. The lowest BCUT2D eigenvalue weighted by Crippen LogP contribution is -1.88. The predicted octanol–water partition coefficient (Wildman–Crippen LogP) is 0.823. The summed E-state index contributed by atoms with van der Waals surface area (Å²) in [6.07, 6.45) is 2.46. The molecule has 0 saturated carbocycles. The number of anilines is 1. The van der Waals surface area contributed by atoms with E-state index in [1.54, 1.807) is 5.51 Å². The van der Waals surface area contributed by atoms with E-state index in [2.05, 4.69) is 4.98 Å². The third kappa shape index (κ3) is 2.05. The lowest BCUT2D eigenvalue weighted by molar-refractivity contribution is -0.131. The van der Waals surface area contributed by atoms with Crippen molar-refractivity contribution in [3.05, 3.63) is 16.5 Å². The largest absolute Gasteiger partial charge is 0.478 e. The first-order valence-electron chi connectivity index (χ1n) is 2.80. The second-order valence-corrected chi connectivity index (χ2v) is 2.66. The normalized spacial score (nSPS) is 10.5. The van der Waals surface area contributed by atoms with Gasteiger partial charge in [0.15, 0.2) is 0 Å². The molecule has 1 heterocycles. The van der Waals surface area contributed by atoms with Gasteiger partial charge in [0, 0.05) is 6.08 Å². The highest BCUT2D eigenvalue weighted by molar-refractivity contribution is 7.11. The van der Waals surface area contributed by atoms with Gasteiger partial charge in [-0.25, -0.2) is 9.78 Å². The summed E-state index contributed by atoms with van der Waals surface area (Å²) in [6, 6.07) is 0. The first-order valence-corrected chi connectivity index (χ1v) is 3.68. The number of carbonyl (C=O) groups is 1. The van der Waals surface area contributed by atoms with E-state index in [9.17, 15) is 4.79 Å². The lowest BCUT2D eigenvalue weighted by Gasteiger charge is -1.84. The first-order chi connectivity index (χ1) is 5.20. The van der Waals surface area contributed by atoms with E-state index in [-0.39, 0.29) is 0 Å². The Hall–Kier alpha value is -1.36. The van der Waals surface area contributed by atoms with Crippen molar-refractivity contribution in [2.24, 2.45) is 0 Å². The number of aliphatic carboxylic acids is 1. The molecule has 4 nitrogen and oxygen atoms in total. The van der Waals surface area contributed by atoms with Gasteiger partial charge in [0.25, 0.3) is 0 Å². The van der Waals surface area contributed by atoms with Crippen molar-refractivity contribution in [2.75, 3.05) is 5.73 Å². The quantitative estimate of drug-likeness (QED) is 0.644. The van der Waals surface area contributed by atoms with Crippen LogP contribution in [0.1, 0.15) is 4.88 Å². The second-order valence-electron chi connectivity index (χ2n) is 1.77. The van der Waals surface area contributed by atoms with Gasteiger partial charge in [-0.15, -0.1) is 11.3 Å². The number of hydrogen-bond donors (Lipinski definition) is 2. The van der Waals surface area contributed by atoms with Crippen LogP contribution in [-0.4, -0.2) is 16.1 Å². The summed E-state index contributed by atoms with van der Waals surface area (Å²) in [5.41, 5.74) is 6.95. The molecule has 0 saturated heterocycles. The van der Waals surface area contributed by atoms with Gasteiger partial charge >= 0.3 is 5.97 Å². The molecular weight excluding hydrogens is 164 g/mol. The number of aromatic nitrogens is 1. The number of nitrogen functional groups attached to an aromatic ring is 1. The smallest absolute Gasteiger partial charge is 0.328 e. The summed E-state index contributed by atoms with van der Waals surface area (Å²) in [4.78, 5) is 14.5. The molecule has 0 spiro atoms. The Morgan fingerprint density at radius 1 is 1.82 bits per heavy atom. The van der Waals surface area contributed by atoms with Gasteiger partial charge in [0.2, 0.25) is 0 Å². The van der Waals surface area contributed by atoms with Crippen LogP contribution in [0.4, 0.5) is 5.82 Å². The Morgan fingerprint density at radius 2 is 2.55 bits per heavy atom. The van der Waals surface area contributed by atoms with E-state index in [4.69, 9.17) is 10.8 Å². The fourth-order valence-electron chi connectivity index (χ4n) is 0.536. The van der Waals surface area contributed by atoms with Crippen molar-refractivity contribution in [1.82, 2.24) is 4.98 Å². The van der Waals surface area contributed by atoms with Crippen LogP contribution in [0, 0.1) is 0 Å². The average molecular weight is 170 g/mol. The maximum Gasteiger partial charge on any atom is 0.328 e. The molecule has 1 aromatic rings. The van der Waals surface area contributed by atoms with Crippen LogP contribution in [0.25, 0.3) is 6.08 Å². The number of thiazole rings is 1. The van der Waals surface area contributed by atoms with Gasteiger partial charge in [-0.2, -0.15) is 0 Å². The fourth-order valence-corrected chi connectivity index (χ4v) is 1.14. The third-order valence-electron chi connectivity index (χ3n) is 1.00. The standard InChI is InChI=1S/C6H6N2O2S/c7-6-4(11-3-8-6)1-2-5(9)10/h1-3H,7H2,(H,9,10). The van der Waals surface area contributed by atoms with Crippen molar-refractivity contribution in [1.29, 1.82) is 0 Å². The Balaban J connectivity index is 2.79. The molecule has 0 aliphatic carbocycles. The molecule has 0 aliphatic heterocycles. The zero-order valence-corrected chi connectivity index (χ0v) is 6.34. The average Bonchev–Trinajstić information content (AvgIpc) is 2.31. The molecule has 11 heavy (non-hydrogen) atoms. The Morgan fingerprint density at radius 3 is 3.00 bits per heavy atom. The van der Waals surface area contributed by atoms with Crippen molar-refractivity contribution < 1.29 is 9.90 Å². The van der Waals surface area contributed by atoms with Gasteiger partial charge in [-0.05, 0) is 6.08 Å². The van der Waals surface area contributed by atoms with Crippen LogP contribution < -0.4 is 5.73 Å². The molecule has 5 heteroatoms. The highest BCUT2D eigenvalue weighted by atomic mass is 32.1.